The molecule has 0 radical (unpaired) electrons. The summed E-state index contributed by atoms with van der Waals surface area (Å²) in [5.74, 6) is 0. The summed E-state index contributed by atoms with van der Waals surface area (Å²) < 4.78 is 0. The molecule has 33 heavy (non-hydrogen) atoms. The van der Waals surface area contributed by atoms with E-state index in [2.05, 4.69) is 82.9 Å². The lowest BCUT2D eigenvalue weighted by Gasteiger charge is -2.26. The zero-order valence-electron chi connectivity index (χ0n) is 18.0. The van der Waals surface area contributed by atoms with Crippen LogP contribution in [-0.2, 0) is 0 Å². The summed E-state index contributed by atoms with van der Waals surface area (Å²) >= 11 is 0. The molecule has 0 bridgehead atoms. The molecule has 3 heteroatoms. The Kier molecular flexibility index (Phi) is 5.77. The molecule has 5 aromatic rings. The molecule has 0 amide bonds. The first-order valence-electron chi connectivity index (χ1n) is 10.9. The number of rotatable bonds is 6. The van der Waals surface area contributed by atoms with Gasteiger partial charge in [0.25, 0.3) is 0 Å². The maximum absolute atomic E-state index is 10.9. The van der Waals surface area contributed by atoms with Gasteiger partial charge in [0, 0.05) is 17.1 Å². The van der Waals surface area contributed by atoms with Crippen molar-refractivity contribution in [2.75, 3.05) is 4.90 Å². The summed E-state index contributed by atoms with van der Waals surface area (Å²) in [5.41, 5.74) is 8.15. The number of nitroso groups, excluding NO2 is 1. The Bertz CT molecular complexity index is 1250. The molecule has 0 heterocycles. The Balaban J connectivity index is 1.54. The van der Waals surface area contributed by atoms with Gasteiger partial charge in [-0.15, -0.1) is 4.91 Å². The van der Waals surface area contributed by atoms with Crippen LogP contribution in [-0.4, -0.2) is 0 Å². The van der Waals surface area contributed by atoms with Crippen molar-refractivity contribution in [1.29, 1.82) is 0 Å². The molecule has 0 unspecified atom stereocenters. The van der Waals surface area contributed by atoms with Gasteiger partial charge in [0.05, 0.1) is 0 Å². The second-order valence-electron chi connectivity index (χ2n) is 7.77. The maximum atomic E-state index is 10.9. The molecule has 0 aromatic heterocycles. The van der Waals surface area contributed by atoms with Crippen molar-refractivity contribution in [3.63, 3.8) is 0 Å². The number of hydrogen-bond donors (Lipinski definition) is 0. The Morgan fingerprint density at radius 2 is 0.727 bits per heavy atom. The molecule has 5 aromatic carbocycles. The van der Waals surface area contributed by atoms with Crippen LogP contribution in [0.4, 0.5) is 22.7 Å². The van der Waals surface area contributed by atoms with Crippen LogP contribution < -0.4 is 4.90 Å². The van der Waals surface area contributed by atoms with Gasteiger partial charge in [-0.05, 0) is 76.0 Å². The van der Waals surface area contributed by atoms with E-state index in [0.717, 1.165) is 17.1 Å². The topological polar surface area (TPSA) is 32.7 Å². The van der Waals surface area contributed by atoms with Crippen LogP contribution >= 0.6 is 0 Å². The van der Waals surface area contributed by atoms with Crippen LogP contribution in [0.5, 0.6) is 0 Å². The Morgan fingerprint density at radius 3 is 1.09 bits per heavy atom. The normalized spacial score (nSPS) is 10.5. The van der Waals surface area contributed by atoms with Crippen LogP contribution in [0.15, 0.2) is 139 Å². The first-order valence-corrected chi connectivity index (χ1v) is 10.9. The average Bonchev–Trinajstić information content (AvgIpc) is 2.91. The SMILES string of the molecule is O=Nc1ccc(N(c2ccc(-c3ccccc3)cc2)c2ccc(-c3ccccc3)cc2)cc1. The molecule has 0 atom stereocenters. The molecule has 0 aliphatic rings. The lowest BCUT2D eigenvalue weighted by molar-refractivity contribution is 1.28. The van der Waals surface area contributed by atoms with Crippen molar-refractivity contribution in [1.82, 2.24) is 0 Å². The minimum Gasteiger partial charge on any atom is -0.311 e. The molecule has 0 saturated heterocycles. The fourth-order valence-corrected chi connectivity index (χ4v) is 3.98. The number of nitrogens with zero attached hydrogens (tertiary/aromatic N) is 2. The van der Waals surface area contributed by atoms with Crippen molar-refractivity contribution in [2.45, 2.75) is 0 Å². The first kappa shape index (κ1) is 20.4. The van der Waals surface area contributed by atoms with Crippen LogP contribution in [0.3, 0.4) is 0 Å². The van der Waals surface area contributed by atoms with Crippen molar-refractivity contribution in [3.05, 3.63) is 138 Å². The van der Waals surface area contributed by atoms with E-state index in [9.17, 15) is 4.91 Å². The van der Waals surface area contributed by atoms with Gasteiger partial charge in [0.1, 0.15) is 5.69 Å². The summed E-state index contributed by atoms with van der Waals surface area (Å²) in [6.45, 7) is 0. The van der Waals surface area contributed by atoms with E-state index < -0.39 is 0 Å². The van der Waals surface area contributed by atoms with E-state index in [1.54, 1.807) is 12.1 Å². The molecular formula is C30H22N2O. The summed E-state index contributed by atoms with van der Waals surface area (Å²) in [6.07, 6.45) is 0. The Labute approximate surface area is 193 Å². The fourth-order valence-electron chi connectivity index (χ4n) is 3.98. The third-order valence-electron chi connectivity index (χ3n) is 5.68. The minimum absolute atomic E-state index is 0.414. The van der Waals surface area contributed by atoms with Crippen molar-refractivity contribution >= 4 is 22.7 Å². The van der Waals surface area contributed by atoms with E-state index in [4.69, 9.17) is 0 Å². The van der Waals surface area contributed by atoms with Gasteiger partial charge in [-0.2, -0.15) is 0 Å². The smallest absolute Gasteiger partial charge is 0.108 e. The predicted molar refractivity (Wildman–Crippen MR) is 137 cm³/mol. The quantitative estimate of drug-likeness (QED) is 0.254. The lowest BCUT2D eigenvalue weighted by Crippen LogP contribution is -2.09. The van der Waals surface area contributed by atoms with E-state index in [1.165, 1.54) is 22.3 Å². The van der Waals surface area contributed by atoms with Crippen LogP contribution in [0.1, 0.15) is 0 Å². The molecule has 0 fully saturated rings. The minimum atomic E-state index is 0.414. The van der Waals surface area contributed by atoms with E-state index in [1.807, 2.05) is 48.5 Å². The summed E-state index contributed by atoms with van der Waals surface area (Å²) in [7, 11) is 0. The van der Waals surface area contributed by atoms with Crippen molar-refractivity contribution in [2.24, 2.45) is 5.18 Å². The number of hydrogen-bond acceptors (Lipinski definition) is 3. The third-order valence-corrected chi connectivity index (χ3v) is 5.68. The van der Waals surface area contributed by atoms with Crippen LogP contribution in [0, 0.1) is 4.91 Å². The van der Waals surface area contributed by atoms with Crippen molar-refractivity contribution in [3.8, 4) is 22.3 Å². The van der Waals surface area contributed by atoms with Gasteiger partial charge >= 0.3 is 0 Å². The highest BCUT2D eigenvalue weighted by atomic mass is 16.3. The summed E-state index contributed by atoms with van der Waals surface area (Å²) in [6, 6.07) is 45.1. The highest BCUT2D eigenvalue weighted by molar-refractivity contribution is 5.80. The largest absolute Gasteiger partial charge is 0.311 e. The molecule has 0 aliphatic heterocycles. The molecule has 0 saturated carbocycles. The van der Waals surface area contributed by atoms with Crippen molar-refractivity contribution < 1.29 is 0 Å². The summed E-state index contributed by atoms with van der Waals surface area (Å²) in [5, 5.41) is 3.04. The van der Waals surface area contributed by atoms with E-state index >= 15 is 0 Å². The zero-order chi connectivity index (χ0) is 22.5. The van der Waals surface area contributed by atoms with Gasteiger partial charge in [0.2, 0.25) is 0 Å². The van der Waals surface area contributed by atoms with Gasteiger partial charge in [0.15, 0.2) is 0 Å². The second-order valence-corrected chi connectivity index (χ2v) is 7.77. The van der Waals surface area contributed by atoms with Crippen LogP contribution in [0.25, 0.3) is 22.3 Å². The fraction of sp³-hybridized carbons (Fsp3) is 0. The van der Waals surface area contributed by atoms with Crippen LogP contribution in [0.2, 0.25) is 0 Å². The Hall–Kier alpha value is -4.50. The van der Waals surface area contributed by atoms with E-state index in [-0.39, 0.29) is 0 Å². The second kappa shape index (κ2) is 9.33. The molecule has 5 rings (SSSR count). The monoisotopic (exact) mass is 426 g/mol. The standard InChI is InChI=1S/C30H22N2O/c33-31-27-15-21-30(22-16-27)32(28-17-11-25(12-18-28)23-7-3-1-4-8-23)29-19-13-26(14-20-29)24-9-5-2-6-10-24/h1-22H. The van der Waals surface area contributed by atoms with E-state index in [0.29, 0.717) is 5.69 Å². The molecule has 158 valence electrons. The first-order chi connectivity index (χ1) is 16.3. The zero-order valence-corrected chi connectivity index (χ0v) is 18.0. The highest BCUT2D eigenvalue weighted by Crippen LogP contribution is 2.37. The summed E-state index contributed by atoms with van der Waals surface area (Å²) in [4.78, 5) is 13.1. The van der Waals surface area contributed by atoms with Gasteiger partial charge in [-0.25, -0.2) is 0 Å². The lowest BCUT2D eigenvalue weighted by atomic mass is 10.0. The van der Waals surface area contributed by atoms with Gasteiger partial charge in [-0.3, -0.25) is 0 Å². The Morgan fingerprint density at radius 1 is 0.394 bits per heavy atom. The number of benzene rings is 5. The number of anilines is 3. The highest BCUT2D eigenvalue weighted by Gasteiger charge is 2.13. The molecule has 3 nitrogen and oxygen atoms in total. The third kappa shape index (κ3) is 4.43. The molecule has 0 N–H and O–H groups in total. The predicted octanol–water partition coefficient (Wildman–Crippen LogP) is 8.89. The molecule has 0 spiro atoms. The van der Waals surface area contributed by atoms with Gasteiger partial charge in [-0.1, -0.05) is 84.9 Å². The molecular weight excluding hydrogens is 404 g/mol. The average molecular weight is 427 g/mol. The van der Waals surface area contributed by atoms with Gasteiger partial charge < -0.3 is 4.90 Å². The maximum Gasteiger partial charge on any atom is 0.108 e. The molecule has 0 aliphatic carbocycles.